The summed E-state index contributed by atoms with van der Waals surface area (Å²) in [5.74, 6) is 2.69. The molecule has 2 aromatic rings. The van der Waals surface area contributed by atoms with Gasteiger partial charge in [0, 0.05) is 16.0 Å². The van der Waals surface area contributed by atoms with Crippen molar-refractivity contribution in [3.8, 4) is 12.3 Å². The average Bonchev–Trinajstić information content (AvgIpc) is 2.16. The fourth-order valence-electron chi connectivity index (χ4n) is 1.72. The lowest BCUT2D eigenvalue weighted by Gasteiger charge is -2.05. The molecule has 0 amide bonds. The molecule has 2 rings (SSSR count). The van der Waals surface area contributed by atoms with E-state index < -0.39 is 0 Å². The summed E-state index contributed by atoms with van der Waals surface area (Å²) in [5.41, 5.74) is 2.05. The van der Waals surface area contributed by atoms with Crippen LogP contribution in [-0.4, -0.2) is 0 Å². The third kappa shape index (κ3) is 1.36. The lowest BCUT2D eigenvalue weighted by molar-refractivity contribution is 1.52. The Kier molecular flexibility index (Phi) is 2.19. The zero-order valence-corrected chi connectivity index (χ0v) is 8.60. The monoisotopic (exact) mass is 200 g/mol. The van der Waals surface area contributed by atoms with Crippen molar-refractivity contribution in [2.45, 2.75) is 6.92 Å². The second kappa shape index (κ2) is 3.36. The van der Waals surface area contributed by atoms with Crippen molar-refractivity contribution in [1.29, 1.82) is 0 Å². The van der Waals surface area contributed by atoms with Crippen LogP contribution < -0.4 is 0 Å². The standard InChI is InChI=1S/C13H9Cl/c1-3-10-5-4-6-11-8-12(14)7-9(2)13(10)11/h1,4-8H,2H3. The van der Waals surface area contributed by atoms with Crippen LogP contribution in [0.1, 0.15) is 11.1 Å². The second-order valence-corrected chi connectivity index (χ2v) is 3.71. The van der Waals surface area contributed by atoms with Crippen molar-refractivity contribution in [2.24, 2.45) is 0 Å². The van der Waals surface area contributed by atoms with E-state index in [-0.39, 0.29) is 0 Å². The van der Waals surface area contributed by atoms with Gasteiger partial charge in [-0.15, -0.1) is 6.42 Å². The van der Waals surface area contributed by atoms with Gasteiger partial charge in [0.25, 0.3) is 0 Å². The van der Waals surface area contributed by atoms with Gasteiger partial charge in [-0.3, -0.25) is 0 Å². The Hall–Kier alpha value is -1.45. The maximum Gasteiger partial charge on any atom is 0.0415 e. The van der Waals surface area contributed by atoms with E-state index in [1.165, 1.54) is 0 Å². The first-order valence-corrected chi connectivity index (χ1v) is 4.75. The summed E-state index contributed by atoms with van der Waals surface area (Å²) in [5, 5.41) is 2.98. The second-order valence-electron chi connectivity index (χ2n) is 3.27. The Morgan fingerprint density at radius 3 is 2.79 bits per heavy atom. The van der Waals surface area contributed by atoms with E-state index in [2.05, 4.69) is 5.92 Å². The molecule has 0 atom stereocenters. The zero-order valence-electron chi connectivity index (χ0n) is 7.84. The van der Waals surface area contributed by atoms with Crippen LogP contribution in [0.3, 0.4) is 0 Å². The van der Waals surface area contributed by atoms with Gasteiger partial charge in [0.05, 0.1) is 0 Å². The molecular weight excluding hydrogens is 192 g/mol. The third-order valence-corrected chi connectivity index (χ3v) is 2.51. The topological polar surface area (TPSA) is 0 Å². The number of terminal acetylenes is 1. The lowest BCUT2D eigenvalue weighted by Crippen LogP contribution is -1.83. The number of fused-ring (bicyclic) bond motifs is 1. The quantitative estimate of drug-likeness (QED) is 0.568. The Labute approximate surface area is 88.5 Å². The molecule has 0 radical (unpaired) electrons. The minimum atomic E-state index is 0.754. The highest BCUT2D eigenvalue weighted by Gasteiger charge is 2.02. The molecule has 0 saturated carbocycles. The molecule has 0 spiro atoms. The minimum Gasteiger partial charge on any atom is -0.115 e. The molecular formula is C13H9Cl. The predicted octanol–water partition coefficient (Wildman–Crippen LogP) is 3.78. The van der Waals surface area contributed by atoms with Gasteiger partial charge in [0.1, 0.15) is 0 Å². The maximum absolute atomic E-state index is 5.97. The first-order chi connectivity index (χ1) is 6.72. The van der Waals surface area contributed by atoms with Gasteiger partial charge in [-0.2, -0.15) is 0 Å². The van der Waals surface area contributed by atoms with E-state index in [1.54, 1.807) is 0 Å². The van der Waals surface area contributed by atoms with Crippen molar-refractivity contribution in [1.82, 2.24) is 0 Å². The van der Waals surface area contributed by atoms with Gasteiger partial charge >= 0.3 is 0 Å². The summed E-state index contributed by atoms with van der Waals surface area (Å²) >= 11 is 5.97. The molecule has 0 fully saturated rings. The molecule has 0 bridgehead atoms. The molecule has 68 valence electrons. The number of aryl methyl sites for hydroxylation is 1. The maximum atomic E-state index is 5.97. The van der Waals surface area contributed by atoms with Crippen LogP contribution >= 0.6 is 11.6 Å². The molecule has 0 unspecified atom stereocenters. The van der Waals surface area contributed by atoms with Gasteiger partial charge in [0.15, 0.2) is 0 Å². The highest BCUT2D eigenvalue weighted by Crippen LogP contribution is 2.25. The van der Waals surface area contributed by atoms with Crippen molar-refractivity contribution in [3.63, 3.8) is 0 Å². The Morgan fingerprint density at radius 1 is 1.29 bits per heavy atom. The van der Waals surface area contributed by atoms with Crippen LogP contribution in [-0.2, 0) is 0 Å². The molecule has 0 nitrogen and oxygen atoms in total. The molecule has 2 aromatic carbocycles. The summed E-state index contributed by atoms with van der Waals surface area (Å²) in [6, 6.07) is 9.79. The van der Waals surface area contributed by atoms with Crippen molar-refractivity contribution in [3.05, 3.63) is 46.5 Å². The predicted molar refractivity (Wildman–Crippen MR) is 61.6 cm³/mol. The third-order valence-electron chi connectivity index (χ3n) is 2.29. The summed E-state index contributed by atoms with van der Waals surface area (Å²) in [6.45, 7) is 2.02. The molecule has 0 aromatic heterocycles. The number of hydrogen-bond donors (Lipinski definition) is 0. The van der Waals surface area contributed by atoms with E-state index in [4.69, 9.17) is 18.0 Å². The molecule has 0 saturated heterocycles. The summed E-state index contributed by atoms with van der Waals surface area (Å²) in [7, 11) is 0. The van der Waals surface area contributed by atoms with Crippen LogP contribution in [0.4, 0.5) is 0 Å². The SMILES string of the molecule is C#Cc1cccc2cc(Cl)cc(C)c12. The van der Waals surface area contributed by atoms with Crippen molar-refractivity contribution < 1.29 is 0 Å². The van der Waals surface area contributed by atoms with Crippen LogP contribution in [0, 0.1) is 19.3 Å². The van der Waals surface area contributed by atoms with E-state index >= 15 is 0 Å². The Bertz CT molecular complexity index is 533. The van der Waals surface area contributed by atoms with E-state index in [0.29, 0.717) is 0 Å². The molecule has 0 heterocycles. The van der Waals surface area contributed by atoms with Gasteiger partial charge in [0.2, 0.25) is 0 Å². The minimum absolute atomic E-state index is 0.754. The van der Waals surface area contributed by atoms with E-state index in [1.807, 2.05) is 37.3 Å². The van der Waals surface area contributed by atoms with Gasteiger partial charge in [-0.05, 0) is 36.1 Å². The normalized spacial score (nSPS) is 10.1. The fraction of sp³-hybridized carbons (Fsp3) is 0.0769. The van der Waals surface area contributed by atoms with E-state index in [0.717, 1.165) is 26.9 Å². The Morgan fingerprint density at radius 2 is 2.07 bits per heavy atom. The lowest BCUT2D eigenvalue weighted by atomic mass is 10.0. The molecule has 1 heteroatoms. The van der Waals surface area contributed by atoms with Gasteiger partial charge < -0.3 is 0 Å². The largest absolute Gasteiger partial charge is 0.115 e. The van der Waals surface area contributed by atoms with Crippen molar-refractivity contribution in [2.75, 3.05) is 0 Å². The fourth-order valence-corrected chi connectivity index (χ4v) is 2.00. The van der Waals surface area contributed by atoms with Gasteiger partial charge in [-0.25, -0.2) is 0 Å². The van der Waals surface area contributed by atoms with Crippen LogP contribution in [0.5, 0.6) is 0 Å². The number of halogens is 1. The molecule has 0 aliphatic carbocycles. The van der Waals surface area contributed by atoms with Gasteiger partial charge in [-0.1, -0.05) is 29.7 Å². The smallest absolute Gasteiger partial charge is 0.0415 e. The first kappa shape index (κ1) is 9.12. The summed E-state index contributed by atoms with van der Waals surface area (Å²) in [6.07, 6.45) is 5.44. The molecule has 0 N–H and O–H groups in total. The number of hydrogen-bond acceptors (Lipinski definition) is 0. The molecule has 0 aliphatic heterocycles. The number of benzene rings is 2. The average molecular weight is 201 g/mol. The van der Waals surface area contributed by atoms with E-state index in [9.17, 15) is 0 Å². The van der Waals surface area contributed by atoms with Crippen LogP contribution in [0.25, 0.3) is 10.8 Å². The van der Waals surface area contributed by atoms with Crippen molar-refractivity contribution >= 4 is 22.4 Å². The first-order valence-electron chi connectivity index (χ1n) is 4.38. The van der Waals surface area contributed by atoms with Crippen LogP contribution in [0.2, 0.25) is 5.02 Å². The number of rotatable bonds is 0. The summed E-state index contributed by atoms with van der Waals surface area (Å²) in [4.78, 5) is 0. The summed E-state index contributed by atoms with van der Waals surface area (Å²) < 4.78 is 0. The highest BCUT2D eigenvalue weighted by molar-refractivity contribution is 6.31. The molecule has 14 heavy (non-hydrogen) atoms. The van der Waals surface area contributed by atoms with Crippen LogP contribution in [0.15, 0.2) is 30.3 Å². The highest BCUT2D eigenvalue weighted by atomic mass is 35.5. The molecule has 0 aliphatic rings. The zero-order chi connectivity index (χ0) is 10.1. The Balaban J connectivity index is 2.96.